The Hall–Kier alpha value is -1.58. The SMILES string of the molecule is CC(CC(=O)O)N1CCc2ccc(F)cc21. The molecule has 0 saturated carbocycles. The molecule has 2 rings (SSSR count). The summed E-state index contributed by atoms with van der Waals surface area (Å²) in [5, 5.41) is 8.75. The van der Waals surface area contributed by atoms with Gasteiger partial charge in [-0.3, -0.25) is 4.79 Å². The molecule has 0 fully saturated rings. The van der Waals surface area contributed by atoms with Crippen molar-refractivity contribution in [3.63, 3.8) is 0 Å². The first kappa shape index (κ1) is 10.9. The number of hydrogen-bond donors (Lipinski definition) is 1. The average Bonchev–Trinajstić information content (AvgIpc) is 2.59. The number of nitrogens with zero attached hydrogens (tertiary/aromatic N) is 1. The Kier molecular flexibility index (Phi) is 2.81. The van der Waals surface area contributed by atoms with Gasteiger partial charge >= 0.3 is 5.97 Å². The number of anilines is 1. The molecule has 1 heterocycles. The Bertz CT molecular complexity index is 419. The molecule has 4 heteroatoms. The Morgan fingerprint density at radius 1 is 1.62 bits per heavy atom. The van der Waals surface area contributed by atoms with E-state index in [1.165, 1.54) is 12.1 Å². The lowest BCUT2D eigenvalue weighted by molar-refractivity contribution is -0.137. The van der Waals surface area contributed by atoms with Gasteiger partial charge in [0.15, 0.2) is 0 Å². The number of rotatable bonds is 3. The van der Waals surface area contributed by atoms with Gasteiger partial charge in [-0.05, 0) is 31.0 Å². The topological polar surface area (TPSA) is 40.5 Å². The van der Waals surface area contributed by atoms with E-state index in [1.807, 2.05) is 11.8 Å². The molecule has 0 saturated heterocycles. The third-order valence-corrected chi connectivity index (χ3v) is 2.98. The zero-order valence-corrected chi connectivity index (χ0v) is 9.11. The standard InChI is InChI=1S/C12H14FNO2/c1-8(6-12(15)16)14-5-4-9-2-3-10(13)7-11(9)14/h2-3,7-8H,4-6H2,1H3,(H,15,16). The minimum Gasteiger partial charge on any atom is -0.481 e. The molecule has 0 bridgehead atoms. The second-order valence-corrected chi connectivity index (χ2v) is 4.16. The Labute approximate surface area is 93.5 Å². The Morgan fingerprint density at radius 3 is 3.06 bits per heavy atom. The molecule has 1 N–H and O–H groups in total. The molecule has 1 aromatic carbocycles. The van der Waals surface area contributed by atoms with E-state index in [2.05, 4.69) is 0 Å². The molecule has 1 atom stereocenters. The van der Waals surface area contributed by atoms with Crippen LogP contribution in [0.3, 0.4) is 0 Å². The van der Waals surface area contributed by atoms with Gasteiger partial charge < -0.3 is 10.0 Å². The lowest BCUT2D eigenvalue weighted by atomic mass is 10.1. The van der Waals surface area contributed by atoms with Gasteiger partial charge in [0.2, 0.25) is 0 Å². The number of carbonyl (C=O) groups is 1. The summed E-state index contributed by atoms with van der Waals surface area (Å²) in [4.78, 5) is 12.6. The molecular weight excluding hydrogens is 209 g/mol. The van der Waals surface area contributed by atoms with Crippen LogP contribution in [0.1, 0.15) is 18.9 Å². The second-order valence-electron chi connectivity index (χ2n) is 4.16. The van der Waals surface area contributed by atoms with Crippen molar-refractivity contribution in [1.82, 2.24) is 0 Å². The maximum Gasteiger partial charge on any atom is 0.305 e. The van der Waals surface area contributed by atoms with E-state index in [9.17, 15) is 9.18 Å². The summed E-state index contributed by atoms with van der Waals surface area (Å²) in [6.45, 7) is 2.63. The number of fused-ring (bicyclic) bond motifs is 1. The summed E-state index contributed by atoms with van der Waals surface area (Å²) < 4.78 is 13.1. The highest BCUT2D eigenvalue weighted by Crippen LogP contribution is 2.30. The minimum atomic E-state index is -0.822. The van der Waals surface area contributed by atoms with E-state index in [4.69, 9.17) is 5.11 Å². The van der Waals surface area contributed by atoms with Crippen molar-refractivity contribution in [2.45, 2.75) is 25.8 Å². The first-order valence-corrected chi connectivity index (χ1v) is 5.35. The third-order valence-electron chi connectivity index (χ3n) is 2.98. The van der Waals surface area contributed by atoms with Crippen molar-refractivity contribution in [1.29, 1.82) is 0 Å². The molecule has 86 valence electrons. The van der Waals surface area contributed by atoms with Gasteiger partial charge in [0.25, 0.3) is 0 Å². The molecule has 1 aliphatic rings. The highest BCUT2D eigenvalue weighted by atomic mass is 19.1. The molecular formula is C12H14FNO2. The molecule has 0 radical (unpaired) electrons. The summed E-state index contributed by atoms with van der Waals surface area (Å²) in [6.07, 6.45) is 0.940. The summed E-state index contributed by atoms with van der Waals surface area (Å²) in [6, 6.07) is 4.61. The van der Waals surface area contributed by atoms with Crippen LogP contribution in [0, 0.1) is 5.82 Å². The smallest absolute Gasteiger partial charge is 0.305 e. The fourth-order valence-electron chi connectivity index (χ4n) is 2.20. The molecule has 1 aliphatic heterocycles. The first-order valence-electron chi connectivity index (χ1n) is 5.35. The van der Waals surface area contributed by atoms with Crippen LogP contribution in [0.15, 0.2) is 18.2 Å². The van der Waals surface area contributed by atoms with Crippen LogP contribution in [0.2, 0.25) is 0 Å². The van der Waals surface area contributed by atoms with Crippen molar-refractivity contribution in [2.75, 3.05) is 11.4 Å². The lowest BCUT2D eigenvalue weighted by Crippen LogP contribution is -2.33. The Balaban J connectivity index is 2.22. The highest BCUT2D eigenvalue weighted by Gasteiger charge is 2.24. The summed E-state index contributed by atoms with van der Waals surface area (Å²) in [5.41, 5.74) is 1.94. The quantitative estimate of drug-likeness (QED) is 0.852. The van der Waals surface area contributed by atoms with Crippen LogP contribution in [-0.4, -0.2) is 23.7 Å². The highest BCUT2D eigenvalue weighted by molar-refractivity contribution is 5.69. The van der Waals surface area contributed by atoms with Crippen LogP contribution in [0.5, 0.6) is 0 Å². The third kappa shape index (κ3) is 2.01. The minimum absolute atomic E-state index is 0.0793. The molecule has 1 unspecified atom stereocenters. The van der Waals surface area contributed by atoms with Gasteiger partial charge in [-0.2, -0.15) is 0 Å². The van der Waals surface area contributed by atoms with Crippen molar-refractivity contribution >= 4 is 11.7 Å². The van der Waals surface area contributed by atoms with Crippen LogP contribution in [-0.2, 0) is 11.2 Å². The number of halogens is 1. The lowest BCUT2D eigenvalue weighted by Gasteiger charge is -2.26. The predicted octanol–water partition coefficient (Wildman–Crippen LogP) is 2.05. The van der Waals surface area contributed by atoms with Gasteiger partial charge in [0, 0.05) is 18.3 Å². The fraction of sp³-hybridized carbons (Fsp3) is 0.417. The van der Waals surface area contributed by atoms with E-state index in [0.29, 0.717) is 0 Å². The van der Waals surface area contributed by atoms with Crippen LogP contribution >= 0.6 is 0 Å². The van der Waals surface area contributed by atoms with Crippen molar-refractivity contribution in [3.8, 4) is 0 Å². The van der Waals surface area contributed by atoms with Crippen LogP contribution in [0.4, 0.5) is 10.1 Å². The number of hydrogen-bond acceptors (Lipinski definition) is 2. The average molecular weight is 223 g/mol. The molecule has 0 amide bonds. The van der Waals surface area contributed by atoms with Gasteiger partial charge in [-0.1, -0.05) is 6.07 Å². The number of benzene rings is 1. The van der Waals surface area contributed by atoms with E-state index in [-0.39, 0.29) is 18.3 Å². The molecule has 0 aliphatic carbocycles. The molecule has 0 spiro atoms. The normalized spacial score (nSPS) is 16.0. The van der Waals surface area contributed by atoms with Gasteiger partial charge in [-0.25, -0.2) is 4.39 Å². The zero-order valence-electron chi connectivity index (χ0n) is 9.11. The maximum atomic E-state index is 13.1. The van der Waals surface area contributed by atoms with Gasteiger partial charge in [0.05, 0.1) is 6.42 Å². The maximum absolute atomic E-state index is 13.1. The summed E-state index contributed by atoms with van der Waals surface area (Å²) in [7, 11) is 0. The molecule has 16 heavy (non-hydrogen) atoms. The molecule has 0 aromatic heterocycles. The van der Waals surface area contributed by atoms with E-state index < -0.39 is 5.97 Å². The molecule has 1 aromatic rings. The van der Waals surface area contributed by atoms with Crippen molar-refractivity contribution in [3.05, 3.63) is 29.6 Å². The zero-order chi connectivity index (χ0) is 11.7. The largest absolute Gasteiger partial charge is 0.481 e. The Morgan fingerprint density at radius 2 is 2.38 bits per heavy atom. The van der Waals surface area contributed by atoms with E-state index in [1.54, 1.807) is 6.07 Å². The van der Waals surface area contributed by atoms with Crippen molar-refractivity contribution in [2.24, 2.45) is 0 Å². The predicted molar refractivity (Wildman–Crippen MR) is 59.2 cm³/mol. The second kappa shape index (κ2) is 4.12. The number of aliphatic carboxylic acids is 1. The monoisotopic (exact) mass is 223 g/mol. The van der Waals surface area contributed by atoms with Crippen LogP contribution in [0.25, 0.3) is 0 Å². The van der Waals surface area contributed by atoms with E-state index in [0.717, 1.165) is 24.2 Å². The van der Waals surface area contributed by atoms with E-state index >= 15 is 0 Å². The van der Waals surface area contributed by atoms with Gasteiger partial charge in [0.1, 0.15) is 5.82 Å². The number of carboxylic acid groups (broad SMARTS) is 1. The first-order chi connectivity index (χ1) is 7.58. The molecule has 3 nitrogen and oxygen atoms in total. The number of carboxylic acids is 1. The van der Waals surface area contributed by atoms with Crippen LogP contribution < -0.4 is 4.90 Å². The summed E-state index contributed by atoms with van der Waals surface area (Å²) >= 11 is 0. The van der Waals surface area contributed by atoms with Gasteiger partial charge in [-0.15, -0.1) is 0 Å². The summed E-state index contributed by atoms with van der Waals surface area (Å²) in [5.74, 6) is -1.09. The fourth-order valence-corrected chi connectivity index (χ4v) is 2.20. The van der Waals surface area contributed by atoms with Crippen molar-refractivity contribution < 1.29 is 14.3 Å².